The number of nitrogens with one attached hydrogen (secondary N) is 2. The average Bonchev–Trinajstić information content (AvgIpc) is 2.87. The van der Waals surface area contributed by atoms with Crippen molar-refractivity contribution in [2.75, 3.05) is 13.7 Å². The Bertz CT molecular complexity index is 626. The lowest BCUT2D eigenvalue weighted by molar-refractivity contribution is 0.117. The second kappa shape index (κ2) is 4.43. The van der Waals surface area contributed by atoms with E-state index in [4.69, 9.17) is 4.74 Å². The highest BCUT2D eigenvalue weighted by molar-refractivity contribution is 5.67. The number of nitrogens with zero attached hydrogens (tertiary/aromatic N) is 3. The first kappa shape index (κ1) is 11.2. The van der Waals surface area contributed by atoms with Gasteiger partial charge in [0.15, 0.2) is 11.2 Å². The van der Waals surface area contributed by atoms with E-state index in [1.54, 1.807) is 7.11 Å². The quantitative estimate of drug-likeness (QED) is 0.761. The van der Waals surface area contributed by atoms with Crippen LogP contribution in [0.2, 0.25) is 0 Å². The molecule has 18 heavy (non-hydrogen) atoms. The summed E-state index contributed by atoms with van der Waals surface area (Å²) in [6, 6.07) is -0.00550. The summed E-state index contributed by atoms with van der Waals surface area (Å²) in [6.45, 7) is 0.753. The number of fused-ring (bicyclic) bond motifs is 1. The van der Waals surface area contributed by atoms with E-state index >= 15 is 0 Å². The Morgan fingerprint density at radius 2 is 2.22 bits per heavy atom. The number of methoxy groups -OCH3 is 1. The van der Waals surface area contributed by atoms with Gasteiger partial charge in [0, 0.05) is 26.0 Å². The molecule has 94 valence electrons. The molecule has 1 aliphatic heterocycles. The second-order valence-corrected chi connectivity index (χ2v) is 4.23. The van der Waals surface area contributed by atoms with Gasteiger partial charge in [-0.15, -0.1) is 0 Å². The minimum atomic E-state index is -0.259. The highest BCUT2D eigenvalue weighted by Gasteiger charge is 2.27. The minimum Gasteiger partial charge on any atom is -0.380 e. The molecular formula is C11H13N5O2. The predicted molar refractivity (Wildman–Crippen MR) is 64.1 cm³/mol. The first-order valence-electron chi connectivity index (χ1n) is 5.75. The number of hydrogen-bond donors (Lipinski definition) is 2. The predicted octanol–water partition coefficient (Wildman–Crippen LogP) is -0.237. The molecule has 2 atom stereocenters. The van der Waals surface area contributed by atoms with Crippen LogP contribution in [0, 0.1) is 0 Å². The molecule has 0 saturated carbocycles. The third-order valence-electron chi connectivity index (χ3n) is 3.12. The van der Waals surface area contributed by atoms with E-state index in [1.807, 2.05) is 0 Å². The number of H-pyrrole nitrogens is 1. The molecule has 1 fully saturated rings. The summed E-state index contributed by atoms with van der Waals surface area (Å²) in [5, 5.41) is 3.26. The fourth-order valence-electron chi connectivity index (χ4n) is 2.15. The van der Waals surface area contributed by atoms with Gasteiger partial charge in [0.1, 0.15) is 5.82 Å². The summed E-state index contributed by atoms with van der Waals surface area (Å²) < 4.78 is 5.27. The van der Waals surface area contributed by atoms with E-state index in [9.17, 15) is 4.79 Å². The largest absolute Gasteiger partial charge is 0.380 e. The Kier molecular flexibility index (Phi) is 2.77. The molecule has 0 amide bonds. The van der Waals surface area contributed by atoms with Gasteiger partial charge in [-0.05, 0) is 6.42 Å². The van der Waals surface area contributed by atoms with Crippen molar-refractivity contribution in [3.63, 3.8) is 0 Å². The number of rotatable bonds is 2. The topological polar surface area (TPSA) is 92.8 Å². The maximum absolute atomic E-state index is 11.9. The average molecular weight is 247 g/mol. The monoisotopic (exact) mass is 247 g/mol. The van der Waals surface area contributed by atoms with Gasteiger partial charge in [-0.1, -0.05) is 0 Å². The SMILES string of the molecule is CO[C@H]1CN[C@H](c2nc3nccnc3c(=O)[nH]2)C1. The van der Waals surface area contributed by atoms with Crippen LogP contribution < -0.4 is 10.9 Å². The van der Waals surface area contributed by atoms with E-state index in [0.29, 0.717) is 11.5 Å². The molecule has 0 aliphatic carbocycles. The Morgan fingerprint density at radius 1 is 1.39 bits per heavy atom. The molecule has 1 saturated heterocycles. The van der Waals surface area contributed by atoms with Gasteiger partial charge in [-0.25, -0.2) is 15.0 Å². The highest BCUT2D eigenvalue weighted by Crippen LogP contribution is 2.21. The van der Waals surface area contributed by atoms with Gasteiger partial charge in [0.05, 0.1) is 12.1 Å². The van der Waals surface area contributed by atoms with E-state index in [-0.39, 0.29) is 23.2 Å². The van der Waals surface area contributed by atoms with Crippen LogP contribution in [0.4, 0.5) is 0 Å². The molecule has 7 heteroatoms. The summed E-state index contributed by atoms with van der Waals surface area (Å²) in [6.07, 6.45) is 3.94. The molecular weight excluding hydrogens is 234 g/mol. The van der Waals surface area contributed by atoms with Gasteiger partial charge in [0.25, 0.3) is 5.56 Å². The van der Waals surface area contributed by atoms with Crippen molar-refractivity contribution in [1.82, 2.24) is 25.3 Å². The van der Waals surface area contributed by atoms with Crippen molar-refractivity contribution in [2.24, 2.45) is 0 Å². The van der Waals surface area contributed by atoms with E-state index in [1.165, 1.54) is 12.4 Å². The van der Waals surface area contributed by atoms with Crippen LogP contribution in [-0.4, -0.2) is 39.7 Å². The lowest BCUT2D eigenvalue weighted by Crippen LogP contribution is -2.21. The lowest BCUT2D eigenvalue weighted by atomic mass is 10.2. The third-order valence-corrected chi connectivity index (χ3v) is 3.12. The lowest BCUT2D eigenvalue weighted by Gasteiger charge is -2.09. The summed E-state index contributed by atoms with van der Waals surface area (Å²) in [5.74, 6) is 0.590. The van der Waals surface area contributed by atoms with Gasteiger partial charge >= 0.3 is 0 Å². The molecule has 3 rings (SSSR count). The normalized spacial score (nSPS) is 23.6. The molecule has 3 heterocycles. The van der Waals surface area contributed by atoms with Crippen molar-refractivity contribution in [2.45, 2.75) is 18.6 Å². The second-order valence-electron chi connectivity index (χ2n) is 4.23. The van der Waals surface area contributed by atoms with Gasteiger partial charge < -0.3 is 15.0 Å². The number of aromatic amines is 1. The van der Waals surface area contributed by atoms with Crippen LogP contribution in [0.1, 0.15) is 18.3 Å². The van der Waals surface area contributed by atoms with Crippen molar-refractivity contribution < 1.29 is 4.74 Å². The Labute approximate surface area is 103 Å². The maximum atomic E-state index is 11.9. The van der Waals surface area contributed by atoms with Crippen LogP contribution in [0.3, 0.4) is 0 Å². The highest BCUT2D eigenvalue weighted by atomic mass is 16.5. The van der Waals surface area contributed by atoms with Crippen LogP contribution in [-0.2, 0) is 4.74 Å². The van der Waals surface area contributed by atoms with Crippen molar-refractivity contribution in [3.05, 3.63) is 28.6 Å². The fourth-order valence-corrected chi connectivity index (χ4v) is 2.15. The molecule has 0 bridgehead atoms. The molecule has 2 N–H and O–H groups in total. The number of ether oxygens (including phenoxy) is 1. The summed E-state index contributed by atoms with van der Waals surface area (Å²) in [5.41, 5.74) is 0.382. The maximum Gasteiger partial charge on any atom is 0.279 e. The first-order valence-corrected chi connectivity index (χ1v) is 5.75. The van der Waals surface area contributed by atoms with Crippen LogP contribution in [0.25, 0.3) is 11.2 Å². The van der Waals surface area contributed by atoms with Gasteiger partial charge in [-0.3, -0.25) is 4.79 Å². The minimum absolute atomic E-state index is 0.00550. The molecule has 7 nitrogen and oxygen atoms in total. The summed E-state index contributed by atoms with van der Waals surface area (Å²) in [4.78, 5) is 27.0. The zero-order valence-electron chi connectivity index (χ0n) is 9.88. The van der Waals surface area contributed by atoms with Crippen LogP contribution in [0.5, 0.6) is 0 Å². The third kappa shape index (κ3) is 1.87. The summed E-state index contributed by atoms with van der Waals surface area (Å²) in [7, 11) is 1.68. The van der Waals surface area contributed by atoms with Crippen LogP contribution in [0.15, 0.2) is 17.2 Å². The van der Waals surface area contributed by atoms with E-state index in [0.717, 1.165) is 13.0 Å². The standard InChI is InChI=1S/C11H13N5O2/c1-18-6-4-7(14-5-6)9-15-10-8(11(17)16-9)12-2-3-13-10/h2-3,6-7,14H,4-5H2,1H3,(H,13,15,16,17)/t6-,7+/m1/s1. The zero-order valence-corrected chi connectivity index (χ0v) is 9.88. The molecule has 1 aliphatic rings. The molecule has 2 aromatic rings. The Morgan fingerprint density at radius 3 is 3.00 bits per heavy atom. The van der Waals surface area contributed by atoms with E-state index < -0.39 is 0 Å². The van der Waals surface area contributed by atoms with Crippen molar-refractivity contribution in [1.29, 1.82) is 0 Å². The zero-order chi connectivity index (χ0) is 12.5. The first-order chi connectivity index (χ1) is 8.78. The smallest absolute Gasteiger partial charge is 0.279 e. The Balaban J connectivity index is 2.01. The van der Waals surface area contributed by atoms with Gasteiger partial charge in [0.2, 0.25) is 0 Å². The van der Waals surface area contributed by atoms with Crippen molar-refractivity contribution >= 4 is 11.2 Å². The van der Waals surface area contributed by atoms with Gasteiger partial charge in [-0.2, -0.15) is 0 Å². The molecule has 0 unspecified atom stereocenters. The molecule has 0 spiro atoms. The van der Waals surface area contributed by atoms with E-state index in [2.05, 4.69) is 25.3 Å². The Hall–Kier alpha value is -1.86. The van der Waals surface area contributed by atoms with Crippen molar-refractivity contribution in [3.8, 4) is 0 Å². The number of hydrogen-bond acceptors (Lipinski definition) is 6. The summed E-state index contributed by atoms with van der Waals surface area (Å²) >= 11 is 0. The fraction of sp³-hybridized carbons (Fsp3) is 0.455. The molecule has 0 radical (unpaired) electrons. The molecule has 0 aromatic carbocycles. The number of aromatic nitrogens is 4. The van der Waals surface area contributed by atoms with Crippen LogP contribution >= 0.6 is 0 Å². The molecule has 2 aromatic heterocycles.